The van der Waals surface area contributed by atoms with Gasteiger partial charge in [0.2, 0.25) is 0 Å². The third-order valence-corrected chi connectivity index (χ3v) is 1.59. The molecule has 0 aromatic heterocycles. The van der Waals surface area contributed by atoms with E-state index in [1.54, 1.807) is 0 Å². The van der Waals surface area contributed by atoms with Crippen LogP contribution in [-0.2, 0) is 4.79 Å². The lowest BCUT2D eigenvalue weighted by molar-refractivity contribution is -0.368. The molecule has 92 valence electrons. The summed E-state index contributed by atoms with van der Waals surface area (Å²) in [4.78, 5) is 8.78. The Morgan fingerprint density at radius 3 is 1.87 bits per heavy atom. The second-order valence-electron chi connectivity index (χ2n) is 3.05. The van der Waals surface area contributed by atoms with Gasteiger partial charge >= 0.3 is 6.18 Å². The molecule has 0 unspecified atom stereocenters. The fourth-order valence-electron chi connectivity index (χ4n) is 0.780. The molecule has 0 saturated heterocycles. The van der Waals surface area contributed by atoms with Gasteiger partial charge in [0, 0.05) is 0 Å². The molecule has 0 aliphatic heterocycles. The molecule has 0 aliphatic rings. The summed E-state index contributed by atoms with van der Waals surface area (Å²) >= 11 is 0. The van der Waals surface area contributed by atoms with Crippen LogP contribution in [-0.4, -0.2) is 18.7 Å². The Morgan fingerprint density at radius 2 is 1.60 bits per heavy atom. The number of hydrogen-bond acceptors (Lipinski definition) is 2. The first-order chi connectivity index (χ1) is 6.86. The van der Waals surface area contributed by atoms with Gasteiger partial charge in [-0.25, -0.2) is 0 Å². The van der Waals surface area contributed by atoms with Crippen molar-refractivity contribution in [2.24, 2.45) is 0 Å². The highest BCUT2D eigenvalue weighted by Gasteiger charge is 2.28. The highest BCUT2D eigenvalue weighted by molar-refractivity contribution is 5.70. The molecule has 15 heavy (non-hydrogen) atoms. The summed E-state index contributed by atoms with van der Waals surface area (Å²) in [7, 11) is 0. The molecule has 0 aromatic rings. The maximum absolute atomic E-state index is 10.5. The van der Waals surface area contributed by atoms with Crippen molar-refractivity contribution in [1.29, 1.82) is 0 Å². The zero-order valence-corrected chi connectivity index (χ0v) is 8.90. The van der Waals surface area contributed by atoms with E-state index in [9.17, 15) is 13.2 Å². The lowest BCUT2D eigenvalue weighted by Crippen LogP contribution is -2.50. The van der Waals surface area contributed by atoms with Gasteiger partial charge in [-0.2, -0.15) is 13.2 Å². The topological polar surface area (TPSA) is 67.8 Å². The largest absolute Gasteiger partial charge is 0.542 e. The molecule has 3 nitrogen and oxygen atoms in total. The molecule has 6 heteroatoms. The highest BCUT2D eigenvalue weighted by atomic mass is 19.4. The molecule has 0 rings (SSSR count). The Labute approximate surface area is 87.5 Å². The van der Waals surface area contributed by atoms with Crippen LogP contribution in [0.1, 0.15) is 39.0 Å². The van der Waals surface area contributed by atoms with Crippen LogP contribution in [0.25, 0.3) is 0 Å². The summed E-state index contributed by atoms with van der Waals surface area (Å²) in [6.07, 6.45) is 1.67. The molecule has 0 spiro atoms. The smallest absolute Gasteiger partial charge is 0.430 e. The Kier molecular flexibility index (Phi) is 10.8. The van der Waals surface area contributed by atoms with Gasteiger partial charge in [-0.1, -0.05) is 26.2 Å². The fraction of sp³-hybridized carbons (Fsp3) is 0.889. The van der Waals surface area contributed by atoms with E-state index in [4.69, 9.17) is 9.90 Å². The van der Waals surface area contributed by atoms with E-state index in [0.717, 1.165) is 6.54 Å². The third-order valence-electron chi connectivity index (χ3n) is 1.59. The number of alkyl halides is 3. The van der Waals surface area contributed by atoms with Gasteiger partial charge in [-0.05, 0) is 12.8 Å². The molecule has 0 saturated carbocycles. The summed E-state index contributed by atoms with van der Waals surface area (Å²) in [5.41, 5.74) is 3.78. The molecular formula is C9H18F3NO2. The SMILES string of the molecule is CCCCCCC[NH3+].O=C([O-])C(F)(F)F. The number of carboxylic acid groups (broad SMARTS) is 1. The maximum atomic E-state index is 10.5. The second-order valence-corrected chi connectivity index (χ2v) is 3.05. The van der Waals surface area contributed by atoms with Crippen LogP contribution in [0.15, 0.2) is 0 Å². The molecule has 0 radical (unpaired) electrons. The van der Waals surface area contributed by atoms with Gasteiger partial charge in [-0.15, -0.1) is 0 Å². The predicted octanol–water partition coefficient (Wildman–Crippen LogP) is 0.497. The Balaban J connectivity index is 0. The average molecular weight is 229 g/mol. The first-order valence-corrected chi connectivity index (χ1v) is 4.93. The van der Waals surface area contributed by atoms with Crippen LogP contribution in [0.2, 0.25) is 0 Å². The normalized spacial score (nSPS) is 10.5. The van der Waals surface area contributed by atoms with E-state index in [1.807, 2.05) is 0 Å². The van der Waals surface area contributed by atoms with Crippen LogP contribution in [0.4, 0.5) is 13.2 Å². The van der Waals surface area contributed by atoms with Gasteiger partial charge in [0.05, 0.1) is 6.54 Å². The van der Waals surface area contributed by atoms with Crippen molar-refractivity contribution in [3.05, 3.63) is 0 Å². The minimum absolute atomic E-state index is 1.11. The van der Waals surface area contributed by atoms with E-state index < -0.39 is 12.1 Å². The fourth-order valence-corrected chi connectivity index (χ4v) is 0.780. The molecule has 0 fully saturated rings. The molecule has 0 aromatic carbocycles. The summed E-state index contributed by atoms with van der Waals surface area (Å²) in [6, 6.07) is 0. The Hall–Kier alpha value is -0.780. The number of rotatable bonds is 5. The van der Waals surface area contributed by atoms with E-state index in [-0.39, 0.29) is 0 Å². The number of halogens is 3. The maximum Gasteiger partial charge on any atom is 0.430 e. The lowest BCUT2D eigenvalue weighted by atomic mass is 10.2. The molecule has 0 atom stereocenters. The second kappa shape index (κ2) is 9.76. The number of carbonyl (C=O) groups excluding carboxylic acids is 1. The van der Waals surface area contributed by atoms with Gasteiger partial charge < -0.3 is 15.6 Å². The van der Waals surface area contributed by atoms with Crippen molar-refractivity contribution in [1.82, 2.24) is 0 Å². The van der Waals surface area contributed by atoms with Crippen molar-refractivity contribution < 1.29 is 28.8 Å². The molecule has 3 N–H and O–H groups in total. The monoisotopic (exact) mass is 229 g/mol. The van der Waals surface area contributed by atoms with Crippen molar-refractivity contribution in [2.75, 3.05) is 6.54 Å². The summed E-state index contributed by atoms with van der Waals surface area (Å²) in [6.45, 7) is 3.36. The third kappa shape index (κ3) is 15.9. The van der Waals surface area contributed by atoms with E-state index in [1.165, 1.54) is 32.1 Å². The Bertz CT molecular complexity index is 154. The quantitative estimate of drug-likeness (QED) is 0.697. The molecule has 0 bridgehead atoms. The number of hydrogen-bond donors (Lipinski definition) is 1. The van der Waals surface area contributed by atoms with E-state index >= 15 is 0 Å². The average Bonchev–Trinajstić information content (AvgIpc) is 2.12. The molecular weight excluding hydrogens is 211 g/mol. The van der Waals surface area contributed by atoms with Crippen molar-refractivity contribution in [3.8, 4) is 0 Å². The Morgan fingerprint density at radius 1 is 1.20 bits per heavy atom. The summed E-state index contributed by atoms with van der Waals surface area (Å²) < 4.78 is 31.5. The zero-order valence-electron chi connectivity index (χ0n) is 8.90. The number of carbonyl (C=O) groups is 1. The predicted molar refractivity (Wildman–Crippen MR) is 47.6 cm³/mol. The van der Waals surface area contributed by atoms with Gasteiger partial charge in [0.15, 0.2) is 0 Å². The lowest BCUT2D eigenvalue weighted by Gasteiger charge is -2.03. The summed E-state index contributed by atoms with van der Waals surface area (Å²) in [5.74, 6) is -3.01. The number of aliphatic carboxylic acids is 1. The van der Waals surface area contributed by atoms with Gasteiger partial charge in [-0.3, -0.25) is 0 Å². The molecule has 0 amide bonds. The van der Waals surface area contributed by atoms with Crippen molar-refractivity contribution in [3.63, 3.8) is 0 Å². The number of quaternary nitrogens is 1. The van der Waals surface area contributed by atoms with E-state index in [2.05, 4.69) is 12.7 Å². The van der Waals surface area contributed by atoms with Crippen LogP contribution in [0, 0.1) is 0 Å². The minimum atomic E-state index is -5.19. The van der Waals surface area contributed by atoms with Crippen molar-refractivity contribution >= 4 is 5.97 Å². The standard InChI is InChI=1S/C7H17N.C2HF3O2/c1-2-3-4-5-6-7-8;3-2(4,5)1(6)7/h2-8H2,1H3;(H,6,7). The van der Waals surface area contributed by atoms with Crippen LogP contribution in [0.5, 0.6) is 0 Å². The first-order valence-electron chi connectivity index (χ1n) is 4.93. The molecule has 0 aliphatic carbocycles. The van der Waals surface area contributed by atoms with Crippen LogP contribution in [0.3, 0.4) is 0 Å². The minimum Gasteiger partial charge on any atom is -0.542 e. The van der Waals surface area contributed by atoms with Crippen LogP contribution < -0.4 is 10.8 Å². The number of carboxylic acids is 1. The van der Waals surface area contributed by atoms with E-state index in [0.29, 0.717) is 0 Å². The summed E-state index contributed by atoms with van der Waals surface area (Å²) in [5, 5.41) is 8.78. The number of unbranched alkanes of at least 4 members (excludes halogenated alkanes) is 4. The first kappa shape index (κ1) is 16.6. The van der Waals surface area contributed by atoms with Gasteiger partial charge in [0.25, 0.3) is 0 Å². The van der Waals surface area contributed by atoms with Crippen molar-refractivity contribution in [2.45, 2.75) is 45.2 Å². The zero-order chi connectivity index (χ0) is 12.3. The highest BCUT2D eigenvalue weighted by Crippen LogP contribution is 2.11. The molecule has 0 heterocycles. The van der Waals surface area contributed by atoms with Gasteiger partial charge in [0.1, 0.15) is 5.97 Å². The van der Waals surface area contributed by atoms with Crippen LogP contribution >= 0.6 is 0 Å².